The Kier molecular flexibility index (Phi) is 2.63. The number of phosphoric acid groups is 1. The Morgan fingerprint density at radius 3 is 2.08 bits per heavy atom. The highest BCUT2D eigenvalue weighted by atomic mass is 31.2. The van der Waals surface area contributed by atoms with Crippen LogP contribution in [0, 0.1) is 5.41 Å². The van der Waals surface area contributed by atoms with Crippen molar-refractivity contribution in [1.29, 1.82) is 0 Å². The molecule has 1 fully saturated rings. The summed E-state index contributed by atoms with van der Waals surface area (Å²) in [6.45, 7) is 5.74. The van der Waals surface area contributed by atoms with Gasteiger partial charge in [0.2, 0.25) is 0 Å². The van der Waals surface area contributed by atoms with Crippen LogP contribution in [0.5, 0.6) is 0 Å². The van der Waals surface area contributed by atoms with E-state index in [2.05, 4.69) is 0 Å². The highest BCUT2D eigenvalue weighted by Crippen LogP contribution is 2.55. The first-order valence-corrected chi connectivity index (χ1v) is 5.96. The maximum Gasteiger partial charge on any atom is 0.470 e. The van der Waals surface area contributed by atoms with Gasteiger partial charge >= 0.3 is 7.82 Å². The van der Waals surface area contributed by atoms with E-state index < -0.39 is 13.4 Å². The fraction of sp³-hybridized carbons (Fsp3) is 1.00. The molecular weight excluding hydrogens is 191 g/mol. The minimum absolute atomic E-state index is 0.159. The smallest absolute Gasteiger partial charge is 0.303 e. The number of rotatable bonds is 2. The molecule has 1 rings (SSSR count). The molecule has 1 unspecified atom stereocenters. The van der Waals surface area contributed by atoms with Gasteiger partial charge in [0, 0.05) is 0 Å². The molecule has 0 amide bonds. The van der Waals surface area contributed by atoms with Crippen LogP contribution in [0.25, 0.3) is 0 Å². The van der Waals surface area contributed by atoms with Crippen molar-refractivity contribution in [3.8, 4) is 0 Å². The molecule has 5 heteroatoms. The fourth-order valence-corrected chi connectivity index (χ4v) is 2.77. The molecule has 0 aliphatic heterocycles. The van der Waals surface area contributed by atoms with Crippen LogP contribution in [0.3, 0.4) is 0 Å². The summed E-state index contributed by atoms with van der Waals surface area (Å²) in [6, 6.07) is 0. The molecule has 0 aromatic heterocycles. The highest BCUT2D eigenvalue weighted by Gasteiger charge is 2.49. The van der Waals surface area contributed by atoms with Crippen LogP contribution >= 0.6 is 7.82 Å². The van der Waals surface area contributed by atoms with Crippen molar-refractivity contribution in [3.05, 3.63) is 0 Å². The molecular formula is C8H17O4P. The molecule has 0 bridgehead atoms. The Bertz CT molecular complexity index is 245. The molecule has 0 aromatic rings. The largest absolute Gasteiger partial charge is 0.470 e. The first-order chi connectivity index (χ1) is 5.66. The monoisotopic (exact) mass is 208 g/mol. The fourth-order valence-electron chi connectivity index (χ4n) is 1.90. The highest BCUT2D eigenvalue weighted by molar-refractivity contribution is 7.46. The van der Waals surface area contributed by atoms with E-state index in [0.717, 1.165) is 12.8 Å². The van der Waals surface area contributed by atoms with Crippen molar-refractivity contribution in [1.82, 2.24) is 0 Å². The first kappa shape index (κ1) is 11.2. The average Bonchev–Trinajstić information content (AvgIpc) is 2.02. The minimum Gasteiger partial charge on any atom is -0.303 e. The summed E-state index contributed by atoms with van der Waals surface area (Å²) in [5.74, 6) is 0. The van der Waals surface area contributed by atoms with Crippen molar-refractivity contribution in [2.24, 2.45) is 5.41 Å². The van der Waals surface area contributed by atoms with Gasteiger partial charge in [-0.15, -0.1) is 0 Å². The maximum atomic E-state index is 10.8. The van der Waals surface area contributed by atoms with Gasteiger partial charge in [-0.05, 0) is 31.6 Å². The van der Waals surface area contributed by atoms with Crippen molar-refractivity contribution >= 4 is 7.82 Å². The molecule has 1 atom stereocenters. The molecule has 78 valence electrons. The van der Waals surface area contributed by atoms with Crippen molar-refractivity contribution < 1.29 is 18.9 Å². The first-order valence-electron chi connectivity index (χ1n) is 4.43. The van der Waals surface area contributed by atoms with Crippen molar-refractivity contribution in [2.75, 3.05) is 0 Å². The molecule has 0 aromatic carbocycles. The molecule has 0 heterocycles. The van der Waals surface area contributed by atoms with E-state index in [1.165, 1.54) is 0 Å². The topological polar surface area (TPSA) is 66.8 Å². The number of hydrogen-bond acceptors (Lipinski definition) is 2. The third kappa shape index (κ3) is 2.32. The van der Waals surface area contributed by atoms with Gasteiger partial charge in [0.1, 0.15) is 0 Å². The lowest BCUT2D eigenvalue weighted by Crippen LogP contribution is -2.38. The molecule has 13 heavy (non-hydrogen) atoms. The lowest BCUT2D eigenvalue weighted by molar-refractivity contribution is -0.0231. The van der Waals surface area contributed by atoms with E-state index in [1.807, 2.05) is 13.8 Å². The van der Waals surface area contributed by atoms with Crippen LogP contribution in [0.1, 0.15) is 40.0 Å². The Morgan fingerprint density at radius 1 is 1.23 bits per heavy atom. The van der Waals surface area contributed by atoms with E-state index >= 15 is 0 Å². The molecule has 2 N–H and O–H groups in total. The predicted molar refractivity (Wildman–Crippen MR) is 49.2 cm³/mol. The summed E-state index contributed by atoms with van der Waals surface area (Å²) in [4.78, 5) is 17.5. The van der Waals surface area contributed by atoms with Crippen LogP contribution in [0.15, 0.2) is 0 Å². The quantitative estimate of drug-likeness (QED) is 0.681. The summed E-state index contributed by atoms with van der Waals surface area (Å²) in [7, 11) is -4.36. The number of phosphoric ester groups is 1. The zero-order valence-electron chi connectivity index (χ0n) is 8.28. The standard InChI is InChI=1S/C8H17O4P/c1-7(2)5-4-6-8(7,3)12-13(9,10)11/h4-6H2,1-3H3,(H2,9,10,11). The average molecular weight is 208 g/mol. The van der Waals surface area contributed by atoms with Gasteiger partial charge in [-0.3, -0.25) is 4.52 Å². The zero-order valence-corrected chi connectivity index (χ0v) is 9.17. The second-order valence-corrected chi connectivity index (χ2v) is 5.71. The van der Waals surface area contributed by atoms with Gasteiger partial charge in [-0.25, -0.2) is 4.57 Å². The number of hydrogen-bond donors (Lipinski definition) is 2. The second-order valence-electron chi connectivity index (χ2n) is 4.55. The van der Waals surface area contributed by atoms with E-state index in [-0.39, 0.29) is 5.41 Å². The summed E-state index contributed by atoms with van der Waals surface area (Å²) < 4.78 is 15.6. The Hall–Kier alpha value is 0.110. The molecule has 1 saturated carbocycles. The lowest BCUT2D eigenvalue weighted by Gasteiger charge is -2.37. The van der Waals surface area contributed by atoms with Crippen LogP contribution in [0.2, 0.25) is 0 Å². The minimum atomic E-state index is -4.36. The third-order valence-electron chi connectivity index (χ3n) is 3.21. The van der Waals surface area contributed by atoms with Gasteiger partial charge in [0.05, 0.1) is 5.60 Å². The molecule has 1 aliphatic rings. The molecule has 0 radical (unpaired) electrons. The third-order valence-corrected chi connectivity index (χ3v) is 3.85. The summed E-state index contributed by atoms with van der Waals surface area (Å²) in [5.41, 5.74) is -0.847. The van der Waals surface area contributed by atoms with Gasteiger partial charge in [-0.2, -0.15) is 0 Å². The Morgan fingerprint density at radius 2 is 1.77 bits per heavy atom. The van der Waals surface area contributed by atoms with Gasteiger partial charge in [-0.1, -0.05) is 13.8 Å². The van der Waals surface area contributed by atoms with E-state index in [0.29, 0.717) is 6.42 Å². The van der Waals surface area contributed by atoms with Crippen LogP contribution in [-0.4, -0.2) is 15.4 Å². The van der Waals surface area contributed by atoms with Gasteiger partial charge in [0.15, 0.2) is 0 Å². The molecule has 0 spiro atoms. The molecule has 4 nitrogen and oxygen atoms in total. The lowest BCUT2D eigenvalue weighted by atomic mass is 9.79. The maximum absolute atomic E-state index is 10.8. The van der Waals surface area contributed by atoms with Crippen LogP contribution < -0.4 is 0 Å². The van der Waals surface area contributed by atoms with Crippen LogP contribution in [-0.2, 0) is 9.09 Å². The van der Waals surface area contributed by atoms with Gasteiger partial charge in [0.25, 0.3) is 0 Å². The van der Waals surface area contributed by atoms with Crippen molar-refractivity contribution in [3.63, 3.8) is 0 Å². The molecule has 1 aliphatic carbocycles. The molecule has 0 saturated heterocycles. The van der Waals surface area contributed by atoms with Crippen molar-refractivity contribution in [2.45, 2.75) is 45.6 Å². The van der Waals surface area contributed by atoms with E-state index in [4.69, 9.17) is 14.3 Å². The van der Waals surface area contributed by atoms with Crippen LogP contribution in [0.4, 0.5) is 0 Å². The van der Waals surface area contributed by atoms with E-state index in [1.54, 1.807) is 6.92 Å². The summed E-state index contributed by atoms with van der Waals surface area (Å²) in [5, 5.41) is 0. The second kappa shape index (κ2) is 3.06. The zero-order chi connectivity index (χ0) is 10.3. The normalized spacial score (nSPS) is 33.6. The summed E-state index contributed by atoms with van der Waals surface area (Å²) >= 11 is 0. The predicted octanol–water partition coefficient (Wildman–Crippen LogP) is 2.06. The van der Waals surface area contributed by atoms with E-state index in [9.17, 15) is 4.57 Å². The van der Waals surface area contributed by atoms with Gasteiger partial charge < -0.3 is 9.79 Å². The Balaban J connectivity index is 2.82. The summed E-state index contributed by atoms with van der Waals surface area (Å²) in [6.07, 6.45) is 2.62. The Labute approximate surface area is 78.5 Å². The SMILES string of the molecule is CC1(C)CCCC1(C)OP(=O)(O)O.